The van der Waals surface area contributed by atoms with Crippen LogP contribution in [-0.4, -0.2) is 50.3 Å². The fourth-order valence-corrected chi connectivity index (χ4v) is 1.36. The van der Waals surface area contributed by atoms with Gasteiger partial charge in [-0.15, -0.1) is 0 Å². The molecule has 0 aliphatic heterocycles. The molecule has 0 aromatic heterocycles. The van der Waals surface area contributed by atoms with E-state index in [9.17, 15) is 4.79 Å². The van der Waals surface area contributed by atoms with Crippen LogP contribution in [-0.2, 0) is 9.53 Å². The number of amides is 1. The highest BCUT2D eigenvalue weighted by Crippen LogP contribution is 2.06. The quantitative estimate of drug-likeness (QED) is 0.457. The molecule has 0 fully saturated rings. The third-order valence-corrected chi connectivity index (χ3v) is 2.61. The Morgan fingerprint density at radius 3 is 2.45 bits per heavy atom. The second-order valence-electron chi connectivity index (χ2n) is 5.56. The highest BCUT2D eigenvalue weighted by Gasteiger charge is 2.15. The molecule has 20 heavy (non-hydrogen) atoms. The van der Waals surface area contributed by atoms with Crippen LogP contribution in [0.4, 0.5) is 0 Å². The summed E-state index contributed by atoms with van der Waals surface area (Å²) in [6.07, 6.45) is 0.427. The predicted molar refractivity (Wildman–Crippen MR) is 83.0 cm³/mol. The third kappa shape index (κ3) is 9.61. The van der Waals surface area contributed by atoms with Crippen molar-refractivity contribution in [1.29, 1.82) is 0 Å². The van der Waals surface area contributed by atoms with Crippen molar-refractivity contribution in [1.82, 2.24) is 16.0 Å². The molecule has 0 unspecified atom stereocenters. The third-order valence-electron chi connectivity index (χ3n) is 2.61. The molecule has 0 aromatic rings. The molecule has 0 saturated carbocycles. The van der Waals surface area contributed by atoms with Gasteiger partial charge in [0.05, 0.1) is 12.1 Å². The van der Waals surface area contributed by atoms with E-state index in [1.54, 1.807) is 7.11 Å². The first-order valence-corrected chi connectivity index (χ1v) is 7.17. The van der Waals surface area contributed by atoms with E-state index in [4.69, 9.17) is 4.74 Å². The minimum atomic E-state index is -0.294. The number of nitrogens with one attached hydrogen (secondary N) is 3. The van der Waals surface area contributed by atoms with Crippen molar-refractivity contribution in [2.75, 3.05) is 26.7 Å². The number of hydrogen-bond donors (Lipinski definition) is 3. The molecule has 0 saturated heterocycles. The van der Waals surface area contributed by atoms with Crippen molar-refractivity contribution in [2.24, 2.45) is 4.99 Å². The number of rotatable bonds is 8. The van der Waals surface area contributed by atoms with Crippen molar-refractivity contribution in [3.05, 3.63) is 0 Å². The molecular formula is C14H30N4O2. The van der Waals surface area contributed by atoms with E-state index in [1.165, 1.54) is 0 Å². The minimum Gasteiger partial charge on any atom is -0.377 e. The Labute approximate surface area is 122 Å². The Hall–Kier alpha value is -1.30. The number of hydrogen-bond acceptors (Lipinski definition) is 3. The summed E-state index contributed by atoms with van der Waals surface area (Å²) in [5.41, 5.74) is -0.294. The molecule has 0 heterocycles. The van der Waals surface area contributed by atoms with Crippen LogP contribution in [0.3, 0.4) is 0 Å². The number of guanidine groups is 1. The Morgan fingerprint density at radius 2 is 1.95 bits per heavy atom. The number of carbonyl (C=O) groups excluding carboxylic acids is 1. The average molecular weight is 286 g/mol. The summed E-state index contributed by atoms with van der Waals surface area (Å²) in [4.78, 5) is 16.0. The molecule has 3 N–H and O–H groups in total. The maximum absolute atomic E-state index is 11.5. The Kier molecular flexibility index (Phi) is 8.96. The van der Waals surface area contributed by atoms with E-state index < -0.39 is 0 Å². The number of carbonyl (C=O) groups is 1. The van der Waals surface area contributed by atoms with Gasteiger partial charge >= 0.3 is 0 Å². The van der Waals surface area contributed by atoms with Crippen molar-refractivity contribution in [3.63, 3.8) is 0 Å². The van der Waals surface area contributed by atoms with Gasteiger partial charge in [-0.25, -0.2) is 0 Å². The van der Waals surface area contributed by atoms with Gasteiger partial charge in [-0.1, -0.05) is 0 Å². The van der Waals surface area contributed by atoms with Gasteiger partial charge in [-0.2, -0.15) is 0 Å². The van der Waals surface area contributed by atoms with Gasteiger partial charge in [0.2, 0.25) is 5.91 Å². The van der Waals surface area contributed by atoms with Crippen LogP contribution in [0.5, 0.6) is 0 Å². The molecule has 1 amide bonds. The first-order valence-electron chi connectivity index (χ1n) is 7.17. The lowest BCUT2D eigenvalue weighted by Gasteiger charge is -2.21. The molecule has 0 aliphatic rings. The minimum absolute atomic E-state index is 0.0422. The number of methoxy groups -OCH3 is 1. The molecule has 0 aliphatic carbocycles. The van der Waals surface area contributed by atoms with E-state index >= 15 is 0 Å². The van der Waals surface area contributed by atoms with Crippen LogP contribution >= 0.6 is 0 Å². The average Bonchev–Trinajstić information content (AvgIpc) is 2.35. The summed E-state index contributed by atoms with van der Waals surface area (Å²) in [5, 5.41) is 9.14. The molecule has 6 heteroatoms. The molecule has 0 aromatic carbocycles. The molecule has 0 spiro atoms. The second kappa shape index (κ2) is 9.58. The maximum Gasteiger partial charge on any atom is 0.221 e. The van der Waals surface area contributed by atoms with Gasteiger partial charge < -0.3 is 20.7 Å². The summed E-state index contributed by atoms with van der Waals surface area (Å²) in [5.74, 6) is 0.746. The molecule has 0 atom stereocenters. The van der Waals surface area contributed by atoms with Crippen LogP contribution < -0.4 is 16.0 Å². The van der Waals surface area contributed by atoms with Crippen molar-refractivity contribution in [2.45, 2.75) is 52.7 Å². The predicted octanol–water partition coefficient (Wildman–Crippen LogP) is 0.881. The fourth-order valence-electron chi connectivity index (χ4n) is 1.36. The molecule has 0 radical (unpaired) electrons. The van der Waals surface area contributed by atoms with E-state index in [0.717, 1.165) is 6.54 Å². The van der Waals surface area contributed by atoms with Gasteiger partial charge in [-0.3, -0.25) is 9.79 Å². The zero-order valence-corrected chi connectivity index (χ0v) is 13.7. The van der Waals surface area contributed by atoms with Crippen LogP contribution in [0.2, 0.25) is 0 Å². The van der Waals surface area contributed by atoms with E-state index in [1.807, 2.05) is 34.6 Å². The van der Waals surface area contributed by atoms with Crippen molar-refractivity contribution < 1.29 is 9.53 Å². The SMILES string of the molecule is CCNC(=NCC(C)(C)OC)NCCC(=O)NC(C)C. The highest BCUT2D eigenvalue weighted by molar-refractivity contribution is 5.81. The molecule has 0 rings (SSSR count). The van der Waals surface area contributed by atoms with Crippen LogP contribution in [0, 0.1) is 0 Å². The van der Waals surface area contributed by atoms with Crippen LogP contribution in [0.15, 0.2) is 4.99 Å². The van der Waals surface area contributed by atoms with E-state index in [-0.39, 0.29) is 17.6 Å². The lowest BCUT2D eigenvalue weighted by Crippen LogP contribution is -2.41. The van der Waals surface area contributed by atoms with E-state index in [2.05, 4.69) is 20.9 Å². The summed E-state index contributed by atoms with van der Waals surface area (Å²) in [6, 6.07) is 0.173. The zero-order chi connectivity index (χ0) is 15.6. The highest BCUT2D eigenvalue weighted by atomic mass is 16.5. The standard InChI is InChI=1S/C14H30N4O2/c1-7-15-13(17-10-14(4,5)20-6)16-9-8-12(19)18-11(2)3/h11H,7-10H2,1-6H3,(H,18,19)(H2,15,16,17). The summed E-state index contributed by atoms with van der Waals surface area (Å²) in [7, 11) is 1.67. The topological polar surface area (TPSA) is 74.8 Å². The van der Waals surface area contributed by atoms with Crippen molar-refractivity contribution in [3.8, 4) is 0 Å². The van der Waals surface area contributed by atoms with Crippen LogP contribution in [0.25, 0.3) is 0 Å². The van der Waals surface area contributed by atoms with Crippen molar-refractivity contribution >= 4 is 11.9 Å². The van der Waals surface area contributed by atoms with Gasteiger partial charge in [0.1, 0.15) is 0 Å². The lowest BCUT2D eigenvalue weighted by molar-refractivity contribution is -0.121. The van der Waals surface area contributed by atoms with Gasteiger partial charge in [0, 0.05) is 32.7 Å². The normalized spacial score (nSPS) is 12.4. The fraction of sp³-hybridized carbons (Fsp3) is 0.857. The maximum atomic E-state index is 11.5. The van der Waals surface area contributed by atoms with Gasteiger partial charge in [-0.05, 0) is 34.6 Å². The molecular weight excluding hydrogens is 256 g/mol. The second-order valence-corrected chi connectivity index (χ2v) is 5.56. The number of nitrogens with zero attached hydrogens (tertiary/aromatic N) is 1. The number of ether oxygens (including phenoxy) is 1. The summed E-state index contributed by atoms with van der Waals surface area (Å²) in [6.45, 7) is 11.7. The summed E-state index contributed by atoms with van der Waals surface area (Å²) < 4.78 is 5.33. The zero-order valence-electron chi connectivity index (χ0n) is 13.7. The van der Waals surface area contributed by atoms with Gasteiger partial charge in [0.25, 0.3) is 0 Å². The Bertz CT molecular complexity index is 314. The Balaban J connectivity index is 4.21. The monoisotopic (exact) mass is 286 g/mol. The van der Waals surface area contributed by atoms with Gasteiger partial charge in [0.15, 0.2) is 5.96 Å². The largest absolute Gasteiger partial charge is 0.377 e. The number of aliphatic imine (C=N–C) groups is 1. The lowest BCUT2D eigenvalue weighted by atomic mass is 10.1. The first-order chi connectivity index (χ1) is 9.30. The molecule has 0 bridgehead atoms. The Morgan fingerprint density at radius 1 is 1.30 bits per heavy atom. The van der Waals surface area contributed by atoms with E-state index in [0.29, 0.717) is 25.5 Å². The first kappa shape index (κ1) is 18.7. The summed E-state index contributed by atoms with van der Waals surface area (Å²) >= 11 is 0. The molecule has 118 valence electrons. The smallest absolute Gasteiger partial charge is 0.221 e. The molecule has 6 nitrogen and oxygen atoms in total. The van der Waals surface area contributed by atoms with Crippen LogP contribution in [0.1, 0.15) is 41.0 Å².